The van der Waals surface area contributed by atoms with Gasteiger partial charge in [-0.05, 0) is 42.7 Å². The van der Waals surface area contributed by atoms with E-state index in [0.29, 0.717) is 6.54 Å². The number of aryl methyl sites for hydroxylation is 1. The molecule has 3 nitrogen and oxygen atoms in total. The van der Waals surface area contributed by atoms with Crippen LogP contribution in [0.1, 0.15) is 16.7 Å². The van der Waals surface area contributed by atoms with E-state index < -0.39 is 0 Å². The van der Waals surface area contributed by atoms with Crippen LogP contribution in [0.4, 0.5) is 5.69 Å². The Hall–Kier alpha value is -1.94. The Morgan fingerprint density at radius 2 is 1.96 bits per heavy atom. The second kappa shape index (κ2) is 6.67. The number of thioether (sulfide) groups is 1. The number of amides is 1. The minimum absolute atomic E-state index is 0.00662. The first-order valence-corrected chi connectivity index (χ1v) is 8.71. The third-order valence-electron chi connectivity index (χ3n) is 4.11. The fourth-order valence-corrected chi connectivity index (χ4v) is 4.01. The number of anilines is 1. The zero-order valence-corrected chi connectivity index (χ0v) is 14.6. The van der Waals surface area contributed by atoms with E-state index in [1.807, 2.05) is 14.1 Å². The number of carbonyl (C=O) groups excluding carboxylic acids is 1. The maximum absolute atomic E-state index is 12.4. The van der Waals surface area contributed by atoms with Crippen molar-refractivity contribution < 1.29 is 4.79 Å². The standard InChI is InChI=1S/C19H22N2OS/c1-13-4-7-15-11-18(23-17(15)10-13)19(22)20-12-14-5-8-16(9-6-14)21(2)3/h4-10,18H,11-12H2,1-3H3,(H,20,22)/t18-/m1/s1. The molecule has 0 aromatic heterocycles. The molecule has 1 aliphatic rings. The molecule has 0 fully saturated rings. The van der Waals surface area contributed by atoms with Gasteiger partial charge in [0, 0.05) is 31.2 Å². The molecule has 3 rings (SSSR count). The quantitative estimate of drug-likeness (QED) is 0.935. The summed E-state index contributed by atoms with van der Waals surface area (Å²) in [5.41, 5.74) is 4.83. The SMILES string of the molecule is Cc1ccc2c(c1)S[C@@H](C(=O)NCc1ccc(N(C)C)cc1)C2. The van der Waals surface area contributed by atoms with Crippen LogP contribution in [0.2, 0.25) is 0 Å². The zero-order chi connectivity index (χ0) is 16.4. The Kier molecular flexibility index (Phi) is 4.62. The summed E-state index contributed by atoms with van der Waals surface area (Å²) >= 11 is 1.68. The molecule has 1 aliphatic heterocycles. The third-order valence-corrected chi connectivity index (χ3v) is 5.41. The van der Waals surface area contributed by atoms with Crippen molar-refractivity contribution in [3.63, 3.8) is 0 Å². The maximum Gasteiger partial charge on any atom is 0.234 e. The molecule has 2 aromatic carbocycles. The van der Waals surface area contributed by atoms with E-state index in [4.69, 9.17) is 0 Å². The minimum atomic E-state index is -0.00662. The first-order chi connectivity index (χ1) is 11.0. The van der Waals surface area contributed by atoms with Gasteiger partial charge in [0.15, 0.2) is 0 Å². The van der Waals surface area contributed by atoms with Crippen molar-refractivity contribution in [3.8, 4) is 0 Å². The number of benzene rings is 2. The van der Waals surface area contributed by atoms with Crippen molar-refractivity contribution in [2.75, 3.05) is 19.0 Å². The lowest BCUT2D eigenvalue weighted by Crippen LogP contribution is -2.31. The number of hydrogen-bond donors (Lipinski definition) is 1. The zero-order valence-electron chi connectivity index (χ0n) is 13.8. The second-order valence-corrected chi connectivity index (χ2v) is 7.45. The largest absolute Gasteiger partial charge is 0.378 e. The highest BCUT2D eigenvalue weighted by Crippen LogP contribution is 2.37. The van der Waals surface area contributed by atoms with Crippen LogP contribution in [0.15, 0.2) is 47.4 Å². The van der Waals surface area contributed by atoms with Gasteiger partial charge >= 0.3 is 0 Å². The summed E-state index contributed by atoms with van der Waals surface area (Å²) in [6.07, 6.45) is 0.825. The van der Waals surface area contributed by atoms with Crippen LogP contribution in [-0.4, -0.2) is 25.3 Å². The molecule has 2 aromatic rings. The molecule has 0 spiro atoms. The number of rotatable bonds is 4. The van der Waals surface area contributed by atoms with Gasteiger partial charge in [-0.25, -0.2) is 0 Å². The molecule has 1 atom stereocenters. The molecule has 0 radical (unpaired) electrons. The van der Waals surface area contributed by atoms with Crippen LogP contribution < -0.4 is 10.2 Å². The van der Waals surface area contributed by atoms with Crippen LogP contribution in [0.3, 0.4) is 0 Å². The molecular weight excluding hydrogens is 304 g/mol. The minimum Gasteiger partial charge on any atom is -0.378 e. The Morgan fingerprint density at radius 3 is 2.65 bits per heavy atom. The molecule has 1 amide bonds. The summed E-state index contributed by atoms with van der Waals surface area (Å²) in [4.78, 5) is 15.7. The van der Waals surface area contributed by atoms with E-state index in [9.17, 15) is 4.79 Å². The Labute approximate surface area is 142 Å². The highest BCUT2D eigenvalue weighted by atomic mass is 32.2. The van der Waals surface area contributed by atoms with Crippen molar-refractivity contribution in [3.05, 3.63) is 59.2 Å². The Balaban J connectivity index is 1.56. The first kappa shape index (κ1) is 15.9. The van der Waals surface area contributed by atoms with Crippen molar-refractivity contribution in [2.45, 2.75) is 30.0 Å². The summed E-state index contributed by atoms with van der Waals surface area (Å²) in [5, 5.41) is 3.06. The van der Waals surface area contributed by atoms with E-state index in [1.54, 1.807) is 11.8 Å². The fourth-order valence-electron chi connectivity index (χ4n) is 2.70. The predicted molar refractivity (Wildman–Crippen MR) is 97.1 cm³/mol. The van der Waals surface area contributed by atoms with Gasteiger partial charge in [-0.15, -0.1) is 11.8 Å². The van der Waals surface area contributed by atoms with Crippen molar-refractivity contribution in [1.29, 1.82) is 0 Å². The maximum atomic E-state index is 12.4. The van der Waals surface area contributed by atoms with Crippen LogP contribution in [0.5, 0.6) is 0 Å². The van der Waals surface area contributed by atoms with Crippen molar-refractivity contribution in [1.82, 2.24) is 5.32 Å². The topological polar surface area (TPSA) is 32.3 Å². The van der Waals surface area contributed by atoms with Crippen LogP contribution in [0, 0.1) is 6.92 Å². The van der Waals surface area contributed by atoms with Crippen LogP contribution >= 0.6 is 11.8 Å². The number of hydrogen-bond acceptors (Lipinski definition) is 3. The molecule has 1 heterocycles. The Bertz CT molecular complexity index is 710. The van der Waals surface area contributed by atoms with Gasteiger partial charge in [-0.1, -0.05) is 29.8 Å². The van der Waals surface area contributed by atoms with Gasteiger partial charge in [0.05, 0.1) is 5.25 Å². The molecular formula is C19H22N2OS. The molecule has 120 valence electrons. The first-order valence-electron chi connectivity index (χ1n) is 7.83. The van der Waals surface area contributed by atoms with E-state index in [0.717, 1.165) is 17.7 Å². The van der Waals surface area contributed by atoms with E-state index >= 15 is 0 Å². The second-order valence-electron chi connectivity index (χ2n) is 6.20. The van der Waals surface area contributed by atoms with Gasteiger partial charge in [0.2, 0.25) is 5.91 Å². The normalized spacial score (nSPS) is 16.0. The van der Waals surface area contributed by atoms with Gasteiger partial charge in [0.1, 0.15) is 0 Å². The number of fused-ring (bicyclic) bond motifs is 1. The average Bonchev–Trinajstić information content (AvgIpc) is 2.96. The lowest BCUT2D eigenvalue weighted by Gasteiger charge is -2.13. The highest BCUT2D eigenvalue weighted by molar-refractivity contribution is 8.01. The van der Waals surface area contributed by atoms with Gasteiger partial charge < -0.3 is 10.2 Å². The van der Waals surface area contributed by atoms with Gasteiger partial charge in [-0.3, -0.25) is 4.79 Å². The smallest absolute Gasteiger partial charge is 0.234 e. The summed E-state index contributed by atoms with van der Waals surface area (Å²) in [7, 11) is 4.04. The number of carbonyl (C=O) groups is 1. The monoisotopic (exact) mass is 326 g/mol. The Morgan fingerprint density at radius 1 is 1.22 bits per heavy atom. The number of nitrogens with one attached hydrogen (secondary N) is 1. The molecule has 0 aliphatic carbocycles. The summed E-state index contributed by atoms with van der Waals surface area (Å²) in [6, 6.07) is 14.7. The van der Waals surface area contributed by atoms with E-state index in [2.05, 4.69) is 59.6 Å². The third kappa shape index (κ3) is 3.70. The molecule has 0 unspecified atom stereocenters. The predicted octanol–water partition coefficient (Wildman–Crippen LogP) is 3.39. The lowest BCUT2D eigenvalue weighted by atomic mass is 10.1. The molecule has 0 saturated heterocycles. The van der Waals surface area contributed by atoms with Crippen molar-refractivity contribution in [2.24, 2.45) is 0 Å². The number of nitrogens with zero attached hydrogens (tertiary/aromatic N) is 1. The van der Waals surface area contributed by atoms with E-state index in [-0.39, 0.29) is 11.2 Å². The molecule has 0 saturated carbocycles. The summed E-state index contributed by atoms with van der Waals surface area (Å²) in [6.45, 7) is 2.67. The van der Waals surface area contributed by atoms with Crippen LogP contribution in [0.25, 0.3) is 0 Å². The van der Waals surface area contributed by atoms with Crippen LogP contribution in [-0.2, 0) is 17.8 Å². The summed E-state index contributed by atoms with van der Waals surface area (Å²) in [5.74, 6) is 0.125. The van der Waals surface area contributed by atoms with Crippen molar-refractivity contribution >= 4 is 23.4 Å². The highest BCUT2D eigenvalue weighted by Gasteiger charge is 2.27. The fraction of sp³-hybridized carbons (Fsp3) is 0.316. The molecule has 1 N–H and O–H groups in total. The van der Waals surface area contributed by atoms with E-state index in [1.165, 1.54) is 16.0 Å². The van der Waals surface area contributed by atoms with Gasteiger partial charge in [-0.2, -0.15) is 0 Å². The molecule has 4 heteroatoms. The molecule has 0 bridgehead atoms. The molecule has 23 heavy (non-hydrogen) atoms. The summed E-state index contributed by atoms with van der Waals surface area (Å²) < 4.78 is 0. The van der Waals surface area contributed by atoms with Gasteiger partial charge in [0.25, 0.3) is 0 Å². The average molecular weight is 326 g/mol. The lowest BCUT2D eigenvalue weighted by molar-refractivity contribution is -0.120.